The molecule has 162 valence electrons. The van der Waals surface area contributed by atoms with Crippen LogP contribution in [0.15, 0.2) is 78.9 Å². The number of methoxy groups -OCH3 is 2. The Hall–Kier alpha value is -3.99. The second-order valence-corrected chi connectivity index (χ2v) is 7.61. The molecule has 32 heavy (non-hydrogen) atoms. The minimum Gasteiger partial charge on any atom is -0.497 e. The van der Waals surface area contributed by atoms with Gasteiger partial charge in [-0.15, -0.1) is 0 Å². The third-order valence-corrected chi connectivity index (χ3v) is 5.50. The zero-order valence-electron chi connectivity index (χ0n) is 18.7. The topological polar surface area (TPSA) is 52.5 Å². The van der Waals surface area contributed by atoms with Crippen LogP contribution in [0, 0.1) is 13.8 Å². The second kappa shape index (κ2) is 9.02. The molecule has 3 aromatic carbocycles. The number of hydrogen-bond acceptors (Lipinski definition) is 3. The fourth-order valence-corrected chi connectivity index (χ4v) is 3.73. The molecule has 4 aromatic rings. The Bertz CT molecular complexity index is 1240. The van der Waals surface area contributed by atoms with Gasteiger partial charge in [0.15, 0.2) is 0 Å². The van der Waals surface area contributed by atoms with E-state index in [4.69, 9.17) is 9.47 Å². The number of aryl methyl sites for hydroxylation is 1. The monoisotopic (exact) mass is 426 g/mol. The normalized spacial score (nSPS) is 10.6. The van der Waals surface area contributed by atoms with Crippen LogP contribution in [0.1, 0.15) is 21.6 Å². The van der Waals surface area contributed by atoms with E-state index in [0.717, 1.165) is 45.4 Å². The van der Waals surface area contributed by atoms with Gasteiger partial charge in [0, 0.05) is 23.1 Å². The number of nitrogens with zero attached hydrogens (tertiary/aromatic N) is 1. The molecule has 1 amide bonds. The first kappa shape index (κ1) is 21.2. The summed E-state index contributed by atoms with van der Waals surface area (Å²) in [6, 6.07) is 25.3. The van der Waals surface area contributed by atoms with Crippen LogP contribution in [0.2, 0.25) is 0 Å². The Balaban J connectivity index is 1.81. The van der Waals surface area contributed by atoms with E-state index in [-0.39, 0.29) is 5.91 Å². The SMILES string of the molecule is COc1ccc(-c2cc(C(=O)Nc3ccc(C)cc3)c(C)n2-c2cccc(OC)c2)cc1. The van der Waals surface area contributed by atoms with Gasteiger partial charge in [-0.25, -0.2) is 0 Å². The molecule has 5 heteroatoms. The van der Waals surface area contributed by atoms with Gasteiger partial charge in [-0.05, 0) is 74.0 Å². The van der Waals surface area contributed by atoms with Crippen LogP contribution in [-0.2, 0) is 0 Å². The van der Waals surface area contributed by atoms with Crippen molar-refractivity contribution >= 4 is 11.6 Å². The molecule has 0 aliphatic rings. The Labute approximate surface area is 188 Å². The lowest BCUT2D eigenvalue weighted by Gasteiger charge is -2.14. The van der Waals surface area contributed by atoms with Crippen molar-refractivity contribution in [2.75, 3.05) is 19.5 Å². The van der Waals surface area contributed by atoms with E-state index >= 15 is 0 Å². The lowest BCUT2D eigenvalue weighted by molar-refractivity contribution is 0.102. The zero-order chi connectivity index (χ0) is 22.7. The molecule has 0 saturated heterocycles. The molecule has 0 aliphatic carbocycles. The van der Waals surface area contributed by atoms with Crippen molar-refractivity contribution in [3.8, 4) is 28.4 Å². The second-order valence-electron chi connectivity index (χ2n) is 7.61. The number of anilines is 1. The largest absolute Gasteiger partial charge is 0.497 e. The van der Waals surface area contributed by atoms with Crippen LogP contribution in [0.4, 0.5) is 5.69 Å². The number of carbonyl (C=O) groups excluding carboxylic acids is 1. The Morgan fingerprint density at radius 1 is 0.812 bits per heavy atom. The summed E-state index contributed by atoms with van der Waals surface area (Å²) in [4.78, 5) is 13.2. The highest BCUT2D eigenvalue weighted by atomic mass is 16.5. The molecular weight excluding hydrogens is 400 g/mol. The predicted octanol–water partition coefficient (Wildman–Crippen LogP) is 6.03. The summed E-state index contributed by atoms with van der Waals surface area (Å²) in [6.07, 6.45) is 0. The molecule has 0 atom stereocenters. The van der Waals surface area contributed by atoms with E-state index in [1.165, 1.54) is 0 Å². The quantitative estimate of drug-likeness (QED) is 0.409. The Morgan fingerprint density at radius 2 is 1.50 bits per heavy atom. The zero-order valence-corrected chi connectivity index (χ0v) is 18.7. The maximum absolute atomic E-state index is 13.2. The molecule has 0 aliphatic heterocycles. The van der Waals surface area contributed by atoms with Crippen molar-refractivity contribution < 1.29 is 14.3 Å². The van der Waals surface area contributed by atoms with E-state index in [2.05, 4.69) is 9.88 Å². The molecule has 1 heterocycles. The highest BCUT2D eigenvalue weighted by Gasteiger charge is 2.20. The summed E-state index contributed by atoms with van der Waals surface area (Å²) in [5.41, 5.74) is 6.17. The summed E-state index contributed by atoms with van der Waals surface area (Å²) in [7, 11) is 3.29. The van der Waals surface area contributed by atoms with Crippen LogP contribution in [0.5, 0.6) is 11.5 Å². The first-order chi connectivity index (χ1) is 15.5. The van der Waals surface area contributed by atoms with Gasteiger partial charge in [0.1, 0.15) is 11.5 Å². The van der Waals surface area contributed by atoms with Gasteiger partial charge in [-0.3, -0.25) is 4.79 Å². The van der Waals surface area contributed by atoms with Crippen molar-refractivity contribution in [1.82, 2.24) is 4.57 Å². The number of rotatable bonds is 6. The molecule has 1 N–H and O–H groups in total. The standard InChI is InChI=1S/C27H26N2O3/c1-18-8-12-21(13-9-18)28-27(30)25-17-26(20-10-14-23(31-3)15-11-20)29(19(25)2)22-6-5-7-24(16-22)32-4/h5-17H,1-4H3,(H,28,30). The highest BCUT2D eigenvalue weighted by Crippen LogP contribution is 2.32. The molecule has 0 unspecified atom stereocenters. The summed E-state index contributed by atoms with van der Waals surface area (Å²) in [5.74, 6) is 1.38. The van der Waals surface area contributed by atoms with Gasteiger partial charge in [0.2, 0.25) is 0 Å². The van der Waals surface area contributed by atoms with Gasteiger partial charge in [0.25, 0.3) is 5.91 Å². The highest BCUT2D eigenvalue weighted by molar-refractivity contribution is 6.06. The lowest BCUT2D eigenvalue weighted by Crippen LogP contribution is -2.13. The van der Waals surface area contributed by atoms with Gasteiger partial charge < -0.3 is 19.4 Å². The van der Waals surface area contributed by atoms with Crippen molar-refractivity contribution in [2.24, 2.45) is 0 Å². The maximum atomic E-state index is 13.2. The molecule has 0 radical (unpaired) electrons. The Morgan fingerprint density at radius 3 is 2.16 bits per heavy atom. The van der Waals surface area contributed by atoms with Gasteiger partial charge in [-0.2, -0.15) is 0 Å². The van der Waals surface area contributed by atoms with Crippen LogP contribution < -0.4 is 14.8 Å². The number of aromatic nitrogens is 1. The van der Waals surface area contributed by atoms with Crippen molar-refractivity contribution in [3.05, 3.63) is 95.7 Å². The molecular formula is C27H26N2O3. The smallest absolute Gasteiger partial charge is 0.257 e. The van der Waals surface area contributed by atoms with E-state index < -0.39 is 0 Å². The summed E-state index contributed by atoms with van der Waals surface area (Å²) in [6.45, 7) is 3.97. The fourth-order valence-electron chi connectivity index (χ4n) is 3.73. The Kier molecular flexibility index (Phi) is 5.99. The van der Waals surface area contributed by atoms with Crippen LogP contribution >= 0.6 is 0 Å². The number of hydrogen-bond donors (Lipinski definition) is 1. The van der Waals surface area contributed by atoms with Gasteiger partial charge in [0.05, 0.1) is 25.5 Å². The minimum absolute atomic E-state index is 0.150. The third-order valence-electron chi connectivity index (χ3n) is 5.50. The lowest BCUT2D eigenvalue weighted by atomic mass is 10.1. The number of carbonyl (C=O) groups is 1. The molecule has 4 rings (SSSR count). The average Bonchev–Trinajstić information content (AvgIpc) is 3.17. The van der Waals surface area contributed by atoms with Crippen LogP contribution in [0.25, 0.3) is 16.9 Å². The molecule has 0 fully saturated rings. The van der Waals surface area contributed by atoms with Crippen LogP contribution in [-0.4, -0.2) is 24.7 Å². The number of benzene rings is 3. The number of amides is 1. The predicted molar refractivity (Wildman–Crippen MR) is 128 cm³/mol. The van der Waals surface area contributed by atoms with E-state index in [1.807, 2.05) is 92.7 Å². The molecule has 0 saturated carbocycles. The first-order valence-corrected chi connectivity index (χ1v) is 10.4. The van der Waals surface area contributed by atoms with Crippen molar-refractivity contribution in [2.45, 2.75) is 13.8 Å². The van der Waals surface area contributed by atoms with E-state index in [1.54, 1.807) is 14.2 Å². The number of nitrogens with one attached hydrogen (secondary N) is 1. The molecule has 5 nitrogen and oxygen atoms in total. The number of ether oxygens (including phenoxy) is 2. The van der Waals surface area contributed by atoms with Gasteiger partial charge >= 0.3 is 0 Å². The van der Waals surface area contributed by atoms with Crippen LogP contribution in [0.3, 0.4) is 0 Å². The minimum atomic E-state index is -0.150. The molecule has 0 bridgehead atoms. The maximum Gasteiger partial charge on any atom is 0.257 e. The van der Waals surface area contributed by atoms with Gasteiger partial charge in [-0.1, -0.05) is 23.8 Å². The summed E-state index contributed by atoms with van der Waals surface area (Å²) >= 11 is 0. The molecule has 0 spiro atoms. The summed E-state index contributed by atoms with van der Waals surface area (Å²) < 4.78 is 12.8. The fraction of sp³-hybridized carbons (Fsp3) is 0.148. The first-order valence-electron chi connectivity index (χ1n) is 10.4. The summed E-state index contributed by atoms with van der Waals surface area (Å²) in [5, 5.41) is 3.01. The third kappa shape index (κ3) is 4.23. The molecule has 1 aromatic heterocycles. The van der Waals surface area contributed by atoms with Crippen molar-refractivity contribution in [1.29, 1.82) is 0 Å². The van der Waals surface area contributed by atoms with E-state index in [9.17, 15) is 4.79 Å². The average molecular weight is 427 g/mol. The van der Waals surface area contributed by atoms with Crippen molar-refractivity contribution in [3.63, 3.8) is 0 Å². The van der Waals surface area contributed by atoms with E-state index in [0.29, 0.717) is 5.56 Å².